The summed E-state index contributed by atoms with van der Waals surface area (Å²) in [4.78, 5) is 0. The molecule has 0 amide bonds. The summed E-state index contributed by atoms with van der Waals surface area (Å²) >= 11 is 0. The first kappa shape index (κ1) is 11.5. The zero-order valence-electron chi connectivity index (χ0n) is 9.17. The lowest BCUT2D eigenvalue weighted by atomic mass is 9.90. The molecule has 0 radical (unpaired) electrons. The molecule has 1 nitrogen and oxygen atoms in total. The molecular weight excluding hydrogens is 170 g/mol. The van der Waals surface area contributed by atoms with Crippen molar-refractivity contribution in [2.75, 3.05) is 0 Å². The van der Waals surface area contributed by atoms with Crippen LogP contribution in [0.3, 0.4) is 0 Å². The van der Waals surface area contributed by atoms with E-state index < -0.39 is 0 Å². The molecule has 1 aliphatic rings. The second kappa shape index (κ2) is 6.83. The third kappa shape index (κ3) is 4.61. The summed E-state index contributed by atoms with van der Waals surface area (Å²) < 4.78 is 0. The first-order valence-corrected chi connectivity index (χ1v) is 5.87. The summed E-state index contributed by atoms with van der Waals surface area (Å²) in [5, 5.41) is 0. The smallest absolute Gasteiger partial charge is 0.00449 e. The third-order valence-electron chi connectivity index (χ3n) is 2.97. The molecule has 0 aromatic heterocycles. The van der Waals surface area contributed by atoms with Crippen LogP contribution in [0.25, 0.3) is 0 Å². The topological polar surface area (TPSA) is 26.0 Å². The molecule has 2 N–H and O–H groups in total. The molecule has 1 fully saturated rings. The Morgan fingerprint density at radius 3 is 2.50 bits per heavy atom. The Kier molecular flexibility index (Phi) is 5.62. The van der Waals surface area contributed by atoms with Gasteiger partial charge >= 0.3 is 0 Å². The molecule has 0 spiro atoms. The van der Waals surface area contributed by atoms with Crippen LogP contribution in [-0.4, -0.2) is 6.04 Å². The fraction of sp³-hybridized carbons (Fsp3) is 0.692. The molecule has 14 heavy (non-hydrogen) atoms. The minimum atomic E-state index is 0.466. The van der Waals surface area contributed by atoms with Crippen molar-refractivity contribution in [3.63, 3.8) is 0 Å². The number of unbranched alkanes of at least 4 members (excludes halogenated alkanes) is 3. The maximum absolute atomic E-state index is 5.85. The third-order valence-corrected chi connectivity index (χ3v) is 2.97. The predicted octanol–water partition coefficient (Wildman–Crippen LogP) is 3.56. The normalized spacial score (nSPS) is 22.1. The van der Waals surface area contributed by atoms with Crippen LogP contribution in [0.5, 0.6) is 0 Å². The SMILES string of the molecule is C=CCCCCC=C1CCC(N)CC1. The van der Waals surface area contributed by atoms with E-state index in [1.165, 1.54) is 44.9 Å². The lowest BCUT2D eigenvalue weighted by Crippen LogP contribution is -2.23. The summed E-state index contributed by atoms with van der Waals surface area (Å²) in [5.41, 5.74) is 7.50. The second-order valence-electron chi connectivity index (χ2n) is 4.27. The molecule has 80 valence electrons. The molecule has 1 saturated carbocycles. The average molecular weight is 193 g/mol. The van der Waals surface area contributed by atoms with Crippen molar-refractivity contribution in [2.45, 2.75) is 57.4 Å². The maximum Gasteiger partial charge on any atom is 0.00449 e. The lowest BCUT2D eigenvalue weighted by molar-refractivity contribution is 0.509. The quantitative estimate of drug-likeness (QED) is 0.524. The van der Waals surface area contributed by atoms with Crippen molar-refractivity contribution in [3.05, 3.63) is 24.3 Å². The van der Waals surface area contributed by atoms with Crippen molar-refractivity contribution in [2.24, 2.45) is 5.73 Å². The molecule has 1 aliphatic carbocycles. The van der Waals surface area contributed by atoms with Gasteiger partial charge < -0.3 is 5.73 Å². The van der Waals surface area contributed by atoms with E-state index in [2.05, 4.69) is 12.7 Å². The van der Waals surface area contributed by atoms with E-state index >= 15 is 0 Å². The highest BCUT2D eigenvalue weighted by Gasteiger charge is 2.11. The zero-order valence-corrected chi connectivity index (χ0v) is 9.17. The molecule has 0 heterocycles. The standard InChI is InChI=1S/C13H23N/c1-2-3-4-5-6-7-12-8-10-13(14)11-9-12/h2,7,13H,1,3-6,8-11,14H2. The van der Waals surface area contributed by atoms with Gasteiger partial charge in [-0.3, -0.25) is 0 Å². The van der Waals surface area contributed by atoms with Gasteiger partial charge in [0.1, 0.15) is 0 Å². The van der Waals surface area contributed by atoms with Crippen LogP contribution in [0, 0.1) is 0 Å². The van der Waals surface area contributed by atoms with Gasteiger partial charge in [0.25, 0.3) is 0 Å². The molecule has 1 rings (SSSR count). The van der Waals surface area contributed by atoms with Crippen molar-refractivity contribution in [1.29, 1.82) is 0 Å². The Morgan fingerprint density at radius 2 is 1.86 bits per heavy atom. The molecule has 0 aromatic rings. The maximum atomic E-state index is 5.85. The number of allylic oxidation sites excluding steroid dienone is 3. The Morgan fingerprint density at radius 1 is 1.21 bits per heavy atom. The first-order chi connectivity index (χ1) is 6.83. The van der Waals surface area contributed by atoms with Gasteiger partial charge in [0.2, 0.25) is 0 Å². The molecule has 0 aliphatic heterocycles. The predicted molar refractivity (Wildman–Crippen MR) is 63.2 cm³/mol. The summed E-state index contributed by atoms with van der Waals surface area (Å²) in [7, 11) is 0. The van der Waals surface area contributed by atoms with Gasteiger partial charge in [-0.25, -0.2) is 0 Å². The Bertz CT molecular complexity index is 183. The van der Waals surface area contributed by atoms with Gasteiger partial charge in [0.15, 0.2) is 0 Å². The van der Waals surface area contributed by atoms with Crippen molar-refractivity contribution < 1.29 is 0 Å². The summed E-state index contributed by atoms with van der Waals surface area (Å²) in [5.74, 6) is 0. The molecular formula is C13H23N. The van der Waals surface area contributed by atoms with E-state index in [4.69, 9.17) is 5.73 Å². The highest BCUT2D eigenvalue weighted by molar-refractivity contribution is 5.05. The van der Waals surface area contributed by atoms with Crippen molar-refractivity contribution in [3.8, 4) is 0 Å². The van der Waals surface area contributed by atoms with Gasteiger partial charge in [0, 0.05) is 6.04 Å². The van der Waals surface area contributed by atoms with E-state index in [1.807, 2.05) is 6.08 Å². The second-order valence-corrected chi connectivity index (χ2v) is 4.27. The molecule has 0 saturated heterocycles. The summed E-state index contributed by atoms with van der Waals surface area (Å²) in [6.45, 7) is 3.73. The fourth-order valence-corrected chi connectivity index (χ4v) is 1.95. The van der Waals surface area contributed by atoms with Gasteiger partial charge in [0.05, 0.1) is 0 Å². The average Bonchev–Trinajstić information content (AvgIpc) is 2.21. The van der Waals surface area contributed by atoms with E-state index in [-0.39, 0.29) is 0 Å². The molecule has 1 heteroatoms. The fourth-order valence-electron chi connectivity index (χ4n) is 1.95. The number of hydrogen-bond acceptors (Lipinski definition) is 1. The Hall–Kier alpha value is -0.560. The number of nitrogens with two attached hydrogens (primary N) is 1. The van der Waals surface area contributed by atoms with Crippen LogP contribution in [0.1, 0.15) is 51.4 Å². The molecule has 0 aromatic carbocycles. The van der Waals surface area contributed by atoms with Crippen LogP contribution >= 0.6 is 0 Å². The van der Waals surface area contributed by atoms with Gasteiger partial charge in [-0.2, -0.15) is 0 Å². The van der Waals surface area contributed by atoms with Crippen LogP contribution in [0.4, 0.5) is 0 Å². The van der Waals surface area contributed by atoms with Crippen LogP contribution in [0.2, 0.25) is 0 Å². The molecule has 0 unspecified atom stereocenters. The Balaban J connectivity index is 2.08. The van der Waals surface area contributed by atoms with E-state index in [0.29, 0.717) is 6.04 Å². The van der Waals surface area contributed by atoms with Crippen molar-refractivity contribution in [1.82, 2.24) is 0 Å². The molecule has 0 bridgehead atoms. The minimum absolute atomic E-state index is 0.466. The van der Waals surface area contributed by atoms with Gasteiger partial charge in [-0.1, -0.05) is 17.7 Å². The largest absolute Gasteiger partial charge is 0.328 e. The molecule has 0 atom stereocenters. The lowest BCUT2D eigenvalue weighted by Gasteiger charge is -2.20. The summed E-state index contributed by atoms with van der Waals surface area (Å²) in [6.07, 6.45) is 14.3. The van der Waals surface area contributed by atoms with E-state index in [1.54, 1.807) is 5.57 Å². The van der Waals surface area contributed by atoms with Crippen LogP contribution in [-0.2, 0) is 0 Å². The number of hydrogen-bond donors (Lipinski definition) is 1. The Labute approximate surface area is 88.1 Å². The van der Waals surface area contributed by atoms with Gasteiger partial charge in [-0.05, 0) is 51.4 Å². The zero-order chi connectivity index (χ0) is 10.2. The highest BCUT2D eigenvalue weighted by atomic mass is 14.6. The number of rotatable bonds is 5. The van der Waals surface area contributed by atoms with Gasteiger partial charge in [-0.15, -0.1) is 6.58 Å². The minimum Gasteiger partial charge on any atom is -0.328 e. The summed E-state index contributed by atoms with van der Waals surface area (Å²) in [6, 6.07) is 0.466. The highest BCUT2D eigenvalue weighted by Crippen LogP contribution is 2.22. The monoisotopic (exact) mass is 193 g/mol. The van der Waals surface area contributed by atoms with Crippen molar-refractivity contribution >= 4 is 0 Å². The van der Waals surface area contributed by atoms with E-state index in [0.717, 1.165) is 6.42 Å². The first-order valence-electron chi connectivity index (χ1n) is 5.87. The van der Waals surface area contributed by atoms with Crippen LogP contribution in [0.15, 0.2) is 24.3 Å². The van der Waals surface area contributed by atoms with Crippen LogP contribution < -0.4 is 5.73 Å². The van der Waals surface area contributed by atoms with E-state index in [9.17, 15) is 0 Å².